The first-order valence-electron chi connectivity index (χ1n) is 12.5. The maximum Gasteiger partial charge on any atom is 0.242 e. The highest BCUT2D eigenvalue weighted by Gasteiger charge is 2.30. The number of carbonyl (C=O) groups excluding carboxylic acids is 2. The highest BCUT2D eigenvalue weighted by Crippen LogP contribution is 2.23. The van der Waals surface area contributed by atoms with E-state index in [0.29, 0.717) is 17.9 Å². The molecule has 10 heteroatoms. The van der Waals surface area contributed by atoms with Gasteiger partial charge in [-0.15, -0.1) is 0 Å². The number of rotatable bonds is 13. The van der Waals surface area contributed by atoms with E-state index in [1.807, 2.05) is 54.6 Å². The Kier molecular flexibility index (Phi) is 10.9. The summed E-state index contributed by atoms with van der Waals surface area (Å²) in [5, 5.41) is 2.70. The van der Waals surface area contributed by atoms with Gasteiger partial charge in [0.1, 0.15) is 11.8 Å². The first-order chi connectivity index (χ1) is 18.6. The summed E-state index contributed by atoms with van der Waals surface area (Å²) in [5.74, 6) is 0.116. The molecular formula is C29H34BrN3O5S. The van der Waals surface area contributed by atoms with Gasteiger partial charge in [-0.05, 0) is 53.9 Å². The normalized spacial score (nSPS) is 11.9. The molecule has 8 nitrogen and oxygen atoms in total. The Morgan fingerprint density at radius 1 is 0.974 bits per heavy atom. The maximum absolute atomic E-state index is 13.7. The van der Waals surface area contributed by atoms with Crippen molar-refractivity contribution in [3.63, 3.8) is 0 Å². The van der Waals surface area contributed by atoms with Crippen molar-refractivity contribution in [1.29, 1.82) is 0 Å². The van der Waals surface area contributed by atoms with Crippen LogP contribution >= 0.6 is 15.9 Å². The van der Waals surface area contributed by atoms with E-state index >= 15 is 0 Å². The monoisotopic (exact) mass is 615 g/mol. The molecule has 0 spiro atoms. The second-order valence-electron chi connectivity index (χ2n) is 9.11. The van der Waals surface area contributed by atoms with Gasteiger partial charge >= 0.3 is 0 Å². The van der Waals surface area contributed by atoms with E-state index in [2.05, 4.69) is 21.2 Å². The van der Waals surface area contributed by atoms with E-state index in [0.717, 1.165) is 21.9 Å². The summed E-state index contributed by atoms with van der Waals surface area (Å²) in [7, 11) is -0.488. The molecule has 0 radical (unpaired) electrons. The van der Waals surface area contributed by atoms with Crippen molar-refractivity contribution >= 4 is 43.5 Å². The zero-order valence-electron chi connectivity index (χ0n) is 22.3. The van der Waals surface area contributed by atoms with Gasteiger partial charge in [0.2, 0.25) is 21.8 Å². The number of halogens is 1. The molecule has 0 aromatic heterocycles. The summed E-state index contributed by atoms with van der Waals surface area (Å²) in [6.45, 7) is 0.350. The fourth-order valence-corrected chi connectivity index (χ4v) is 5.72. The van der Waals surface area contributed by atoms with Crippen LogP contribution < -0.4 is 14.4 Å². The Balaban J connectivity index is 1.83. The lowest BCUT2D eigenvalue weighted by atomic mass is 10.0. The Hall–Kier alpha value is -3.37. The lowest BCUT2D eigenvalue weighted by Gasteiger charge is -2.31. The number of amides is 2. The van der Waals surface area contributed by atoms with Crippen molar-refractivity contribution in [1.82, 2.24) is 10.2 Å². The topological polar surface area (TPSA) is 96.0 Å². The number of methoxy groups -OCH3 is 1. The van der Waals surface area contributed by atoms with Gasteiger partial charge in [-0.25, -0.2) is 8.42 Å². The molecule has 1 N–H and O–H groups in total. The van der Waals surface area contributed by atoms with Crippen molar-refractivity contribution in [2.24, 2.45) is 0 Å². The van der Waals surface area contributed by atoms with Crippen LogP contribution in [0.15, 0.2) is 83.3 Å². The standard InChI is InChI=1S/C29H34BrN3O5S/c1-31-29(35)27(20-22-9-5-4-6-10-22)32(21-23-11-7-12-24(30)19-23)28(34)13-8-18-33(39(3,36)37)25-14-16-26(38-2)17-15-25/h4-7,9-12,14-17,19,27H,8,13,18,20-21H2,1-3H3,(H,31,35)/t27-/m1/s1. The zero-order valence-corrected chi connectivity index (χ0v) is 24.7. The van der Waals surface area contributed by atoms with Crippen LogP contribution in [0.4, 0.5) is 5.69 Å². The summed E-state index contributed by atoms with van der Waals surface area (Å²) in [4.78, 5) is 28.3. The lowest BCUT2D eigenvalue weighted by Crippen LogP contribution is -2.49. The molecule has 1 atom stereocenters. The highest BCUT2D eigenvalue weighted by atomic mass is 79.9. The van der Waals surface area contributed by atoms with Gasteiger partial charge < -0.3 is 15.0 Å². The summed E-state index contributed by atoms with van der Waals surface area (Å²) in [5.41, 5.74) is 2.29. The molecule has 0 fully saturated rings. The largest absolute Gasteiger partial charge is 0.497 e. The van der Waals surface area contributed by atoms with Crippen LogP contribution in [0.2, 0.25) is 0 Å². The van der Waals surface area contributed by atoms with E-state index in [4.69, 9.17) is 4.74 Å². The number of hydrogen-bond acceptors (Lipinski definition) is 5. The van der Waals surface area contributed by atoms with Gasteiger partial charge in [-0.1, -0.05) is 58.4 Å². The highest BCUT2D eigenvalue weighted by molar-refractivity contribution is 9.10. The van der Waals surface area contributed by atoms with Crippen molar-refractivity contribution in [3.05, 3.63) is 94.5 Å². The summed E-state index contributed by atoms with van der Waals surface area (Å²) >= 11 is 3.48. The van der Waals surface area contributed by atoms with Crippen LogP contribution in [0.25, 0.3) is 0 Å². The second kappa shape index (κ2) is 14.1. The van der Waals surface area contributed by atoms with Crippen molar-refractivity contribution < 1.29 is 22.7 Å². The predicted octanol–water partition coefficient (Wildman–Crippen LogP) is 4.39. The number of nitrogens with one attached hydrogen (secondary N) is 1. The number of anilines is 1. The molecular weight excluding hydrogens is 582 g/mol. The Morgan fingerprint density at radius 2 is 1.64 bits per heavy atom. The molecule has 0 saturated heterocycles. The Bertz CT molecular complexity index is 1350. The molecule has 0 unspecified atom stereocenters. The average molecular weight is 617 g/mol. The minimum Gasteiger partial charge on any atom is -0.497 e. The molecule has 3 aromatic carbocycles. The van der Waals surface area contributed by atoms with Gasteiger partial charge in [-0.2, -0.15) is 0 Å². The first kappa shape index (κ1) is 30.2. The van der Waals surface area contributed by atoms with E-state index in [1.165, 1.54) is 4.31 Å². The SMILES string of the molecule is CNC(=O)[C@@H](Cc1ccccc1)N(Cc1cccc(Br)c1)C(=O)CCCN(c1ccc(OC)cc1)S(C)(=O)=O. The minimum absolute atomic E-state index is 0.0679. The average Bonchev–Trinajstić information content (AvgIpc) is 2.92. The first-order valence-corrected chi connectivity index (χ1v) is 15.2. The molecule has 2 amide bonds. The number of nitrogens with zero attached hydrogens (tertiary/aromatic N) is 2. The summed E-state index contributed by atoms with van der Waals surface area (Å²) in [6, 6.07) is 23.1. The molecule has 0 aliphatic carbocycles. The predicted molar refractivity (Wildman–Crippen MR) is 157 cm³/mol. The van der Waals surface area contributed by atoms with Crippen molar-refractivity contribution in [2.75, 3.05) is 31.3 Å². The zero-order chi connectivity index (χ0) is 28.4. The summed E-state index contributed by atoms with van der Waals surface area (Å²) < 4.78 is 32.4. The minimum atomic E-state index is -3.59. The van der Waals surface area contributed by atoms with E-state index in [1.54, 1.807) is 43.3 Å². The van der Waals surface area contributed by atoms with Gasteiger partial charge in [0.25, 0.3) is 0 Å². The lowest BCUT2D eigenvalue weighted by molar-refractivity contribution is -0.141. The van der Waals surface area contributed by atoms with Crippen LogP contribution in [-0.2, 0) is 32.6 Å². The fraction of sp³-hybridized carbons (Fsp3) is 0.310. The third kappa shape index (κ3) is 8.83. The molecule has 0 saturated carbocycles. The third-order valence-corrected chi connectivity index (χ3v) is 7.96. The third-order valence-electron chi connectivity index (χ3n) is 6.27. The van der Waals surface area contributed by atoms with Gasteiger partial charge in [0.05, 0.1) is 19.1 Å². The second-order valence-corrected chi connectivity index (χ2v) is 11.9. The number of ether oxygens (including phenoxy) is 1. The molecule has 0 bridgehead atoms. The van der Waals surface area contributed by atoms with Crippen LogP contribution in [0.3, 0.4) is 0 Å². The van der Waals surface area contributed by atoms with Gasteiger partial charge in [0.15, 0.2) is 0 Å². The number of hydrogen-bond donors (Lipinski definition) is 1. The van der Waals surface area contributed by atoms with E-state index in [9.17, 15) is 18.0 Å². The number of sulfonamides is 1. The van der Waals surface area contributed by atoms with E-state index < -0.39 is 16.1 Å². The Morgan fingerprint density at radius 3 is 2.23 bits per heavy atom. The van der Waals surface area contributed by atoms with Crippen LogP contribution in [0.5, 0.6) is 5.75 Å². The molecule has 39 heavy (non-hydrogen) atoms. The number of benzene rings is 3. The smallest absolute Gasteiger partial charge is 0.242 e. The number of likely N-dealkylation sites (N-methyl/N-ethyl adjacent to an activating group) is 1. The molecule has 3 rings (SSSR count). The molecule has 208 valence electrons. The molecule has 0 heterocycles. The quantitative estimate of drug-likeness (QED) is 0.308. The van der Waals surface area contributed by atoms with Crippen LogP contribution in [0, 0.1) is 0 Å². The maximum atomic E-state index is 13.7. The van der Waals surface area contributed by atoms with Crippen molar-refractivity contribution in [2.45, 2.75) is 31.8 Å². The van der Waals surface area contributed by atoms with Gasteiger partial charge in [-0.3, -0.25) is 13.9 Å². The molecule has 3 aromatic rings. The van der Waals surface area contributed by atoms with Crippen molar-refractivity contribution in [3.8, 4) is 5.75 Å². The number of carbonyl (C=O) groups is 2. The summed E-state index contributed by atoms with van der Waals surface area (Å²) in [6.07, 6.45) is 1.83. The molecule has 0 aliphatic rings. The van der Waals surface area contributed by atoms with E-state index in [-0.39, 0.29) is 37.7 Å². The van der Waals surface area contributed by atoms with Crippen LogP contribution in [0.1, 0.15) is 24.0 Å². The van der Waals surface area contributed by atoms with Gasteiger partial charge in [0, 0.05) is 37.5 Å². The van der Waals surface area contributed by atoms with Crippen LogP contribution in [-0.4, -0.2) is 58.1 Å². The fourth-order valence-electron chi connectivity index (χ4n) is 4.30. The molecule has 0 aliphatic heterocycles. The Labute approximate surface area is 239 Å².